The molecule has 4 aromatic rings. The molecule has 0 aromatic heterocycles. The van der Waals surface area contributed by atoms with Gasteiger partial charge in [0.05, 0.1) is 36.9 Å². The second-order valence-corrected chi connectivity index (χ2v) is 11.0. The molecule has 1 N–H and O–H groups in total. The van der Waals surface area contributed by atoms with E-state index < -0.39 is 17.2 Å². The number of nitrogens with zero attached hydrogens (tertiary/aromatic N) is 1. The average Bonchev–Trinajstić information content (AvgIpc) is 3.21. The normalized spacial score (nSPS) is 23.5. The van der Waals surface area contributed by atoms with Gasteiger partial charge in [-0.1, -0.05) is 54.6 Å². The summed E-state index contributed by atoms with van der Waals surface area (Å²) in [5.74, 6) is -0.821. The lowest BCUT2D eigenvalue weighted by Crippen LogP contribution is -2.49. The zero-order valence-electron chi connectivity index (χ0n) is 22.9. The van der Waals surface area contributed by atoms with Gasteiger partial charge in [0.1, 0.15) is 11.5 Å². The molecule has 0 spiro atoms. The Morgan fingerprint density at radius 2 is 1.46 bits per heavy atom. The first-order chi connectivity index (χ1) is 19.9. The van der Waals surface area contributed by atoms with Crippen LogP contribution < -0.4 is 19.7 Å². The highest BCUT2D eigenvalue weighted by Gasteiger charge is 2.68. The summed E-state index contributed by atoms with van der Waals surface area (Å²) in [4.78, 5) is 43.3. The fourth-order valence-corrected chi connectivity index (χ4v) is 7.25. The van der Waals surface area contributed by atoms with Crippen molar-refractivity contribution in [2.24, 2.45) is 11.3 Å². The Kier molecular flexibility index (Phi) is 5.54. The summed E-state index contributed by atoms with van der Waals surface area (Å²) in [6.07, 6.45) is 0. The minimum atomic E-state index is -0.948. The molecule has 0 unspecified atom stereocenters. The number of imide groups is 1. The fourth-order valence-electron chi connectivity index (χ4n) is 7.25. The number of carbonyl (C=O) groups excluding carboxylic acids is 3. The number of benzene rings is 4. The second-order valence-electron chi connectivity index (χ2n) is 11.0. The molecular weight excluding hydrogens is 516 g/mol. The minimum Gasteiger partial charge on any atom is -0.497 e. The molecule has 4 aromatic carbocycles. The van der Waals surface area contributed by atoms with Crippen molar-refractivity contribution in [3.8, 4) is 11.5 Å². The van der Waals surface area contributed by atoms with Crippen molar-refractivity contribution >= 4 is 29.1 Å². The predicted molar refractivity (Wildman–Crippen MR) is 155 cm³/mol. The molecule has 7 nitrogen and oxygen atoms in total. The van der Waals surface area contributed by atoms with Crippen LogP contribution in [0.2, 0.25) is 0 Å². The maximum atomic E-state index is 14.4. The molecule has 1 aliphatic heterocycles. The number of anilines is 2. The van der Waals surface area contributed by atoms with E-state index in [0.29, 0.717) is 28.4 Å². The molecule has 41 heavy (non-hydrogen) atoms. The smallest absolute Gasteiger partial charge is 0.255 e. The predicted octanol–water partition coefficient (Wildman–Crippen LogP) is 5.74. The van der Waals surface area contributed by atoms with E-state index in [0.717, 1.165) is 22.3 Å². The van der Waals surface area contributed by atoms with Crippen molar-refractivity contribution in [2.45, 2.75) is 18.8 Å². The highest BCUT2D eigenvalue weighted by molar-refractivity contribution is 6.25. The number of hydrogen-bond acceptors (Lipinski definition) is 5. The van der Waals surface area contributed by atoms with Crippen LogP contribution >= 0.6 is 0 Å². The van der Waals surface area contributed by atoms with E-state index in [-0.39, 0.29) is 23.7 Å². The molecular formula is C34H28N2O5. The number of carbonyl (C=O) groups is 3. The van der Waals surface area contributed by atoms with Gasteiger partial charge in [0.2, 0.25) is 11.8 Å². The van der Waals surface area contributed by atoms with Gasteiger partial charge in [0.25, 0.3) is 5.91 Å². The zero-order valence-corrected chi connectivity index (χ0v) is 22.9. The van der Waals surface area contributed by atoms with Crippen molar-refractivity contribution in [1.29, 1.82) is 0 Å². The van der Waals surface area contributed by atoms with Gasteiger partial charge in [-0.15, -0.1) is 0 Å². The summed E-state index contributed by atoms with van der Waals surface area (Å²) >= 11 is 0. The van der Waals surface area contributed by atoms with Crippen LogP contribution in [0.5, 0.6) is 11.5 Å². The number of ether oxygens (including phenoxy) is 2. The Morgan fingerprint density at radius 1 is 0.805 bits per heavy atom. The highest BCUT2D eigenvalue weighted by atomic mass is 16.5. The quantitative estimate of drug-likeness (QED) is 0.324. The molecule has 4 aliphatic rings. The van der Waals surface area contributed by atoms with Crippen LogP contribution in [0.25, 0.3) is 0 Å². The Balaban J connectivity index is 1.27. The Morgan fingerprint density at radius 3 is 2.10 bits per heavy atom. The number of rotatable bonds is 5. The zero-order chi connectivity index (χ0) is 28.5. The summed E-state index contributed by atoms with van der Waals surface area (Å²) in [6.45, 7) is 1.94. The molecule has 3 amide bonds. The van der Waals surface area contributed by atoms with E-state index in [1.807, 2.05) is 31.2 Å². The van der Waals surface area contributed by atoms with Crippen LogP contribution in [0.4, 0.5) is 11.4 Å². The molecule has 1 fully saturated rings. The number of nitrogens with one attached hydrogen (secondary N) is 1. The monoisotopic (exact) mass is 544 g/mol. The average molecular weight is 545 g/mol. The maximum absolute atomic E-state index is 14.4. The highest BCUT2D eigenvalue weighted by Crippen LogP contribution is 2.67. The number of methoxy groups -OCH3 is 2. The van der Waals surface area contributed by atoms with Crippen molar-refractivity contribution < 1.29 is 23.9 Å². The van der Waals surface area contributed by atoms with Crippen molar-refractivity contribution in [3.63, 3.8) is 0 Å². The third-order valence-corrected chi connectivity index (χ3v) is 9.03. The van der Waals surface area contributed by atoms with E-state index in [2.05, 4.69) is 29.6 Å². The molecule has 204 valence electrons. The van der Waals surface area contributed by atoms with Gasteiger partial charge in [0.15, 0.2) is 0 Å². The standard InChI is InChI=1S/C34H28N2O5/c1-34-29-24-13-6-4-11-22(24)28(23-12-5-7-14-25(23)29)30(34)32(38)36(33(34)39)20-10-8-9-19(17-20)31(37)35-26-18-21(40-2)15-16-27(26)41-3/h4-18,28-30H,1-3H3,(H,35,37)/t28?,29?,30-,34+/m1/s1. The summed E-state index contributed by atoms with van der Waals surface area (Å²) in [5, 5.41) is 2.87. The molecule has 0 radical (unpaired) electrons. The van der Waals surface area contributed by atoms with E-state index in [4.69, 9.17) is 9.47 Å². The van der Waals surface area contributed by atoms with E-state index in [1.165, 1.54) is 12.0 Å². The topological polar surface area (TPSA) is 84.9 Å². The van der Waals surface area contributed by atoms with Gasteiger partial charge in [-0.25, -0.2) is 4.90 Å². The van der Waals surface area contributed by atoms with Gasteiger partial charge < -0.3 is 14.8 Å². The van der Waals surface area contributed by atoms with Crippen molar-refractivity contribution in [2.75, 3.05) is 24.4 Å². The molecule has 0 saturated carbocycles. The van der Waals surface area contributed by atoms with E-state index in [1.54, 1.807) is 49.6 Å². The summed E-state index contributed by atoms with van der Waals surface area (Å²) < 4.78 is 10.7. The molecule has 7 heteroatoms. The molecule has 1 saturated heterocycles. The van der Waals surface area contributed by atoms with Gasteiger partial charge >= 0.3 is 0 Å². The van der Waals surface area contributed by atoms with Crippen LogP contribution in [0.3, 0.4) is 0 Å². The van der Waals surface area contributed by atoms with Crippen molar-refractivity contribution in [1.82, 2.24) is 0 Å². The van der Waals surface area contributed by atoms with Gasteiger partial charge in [-0.2, -0.15) is 0 Å². The summed E-state index contributed by atoms with van der Waals surface area (Å²) in [5.41, 5.74) is 4.63. The van der Waals surface area contributed by atoms with Crippen molar-refractivity contribution in [3.05, 3.63) is 119 Å². The third-order valence-electron chi connectivity index (χ3n) is 9.03. The second kappa shape index (κ2) is 9.06. The Bertz CT molecular complexity index is 1720. The first-order valence-corrected chi connectivity index (χ1v) is 13.6. The van der Waals surface area contributed by atoms with Gasteiger partial charge in [-0.3, -0.25) is 14.4 Å². The number of hydrogen-bond donors (Lipinski definition) is 1. The lowest BCUT2D eigenvalue weighted by atomic mass is 9.48. The lowest BCUT2D eigenvalue weighted by molar-refractivity contribution is -0.128. The van der Waals surface area contributed by atoms with Crippen LogP contribution in [-0.2, 0) is 9.59 Å². The van der Waals surface area contributed by atoms with Crippen LogP contribution in [0.1, 0.15) is 51.4 Å². The van der Waals surface area contributed by atoms with Gasteiger partial charge in [0, 0.05) is 23.5 Å². The van der Waals surface area contributed by atoms with E-state index >= 15 is 0 Å². The first kappa shape index (κ1) is 25.1. The number of amides is 3. The van der Waals surface area contributed by atoms with Crippen LogP contribution in [0.15, 0.2) is 91.0 Å². The van der Waals surface area contributed by atoms with E-state index in [9.17, 15) is 14.4 Å². The molecule has 1 heterocycles. The minimum absolute atomic E-state index is 0.217. The van der Waals surface area contributed by atoms with Gasteiger partial charge in [-0.05, 0) is 59.5 Å². The summed E-state index contributed by atoms with van der Waals surface area (Å²) in [6, 6.07) is 28.1. The maximum Gasteiger partial charge on any atom is 0.255 e. The first-order valence-electron chi connectivity index (χ1n) is 13.6. The van der Waals surface area contributed by atoms with Crippen LogP contribution in [0, 0.1) is 11.3 Å². The summed E-state index contributed by atoms with van der Waals surface area (Å²) in [7, 11) is 3.06. The molecule has 3 aliphatic carbocycles. The van der Waals surface area contributed by atoms with Crippen LogP contribution in [-0.4, -0.2) is 31.9 Å². The molecule has 2 bridgehead atoms. The SMILES string of the molecule is COc1ccc(OC)c(NC(=O)c2cccc(N3C(=O)[C@H]4C5c6ccccc6C(c6ccccc65)[C@]4(C)C3=O)c2)c1. The third kappa shape index (κ3) is 3.41. The molecule has 2 atom stereocenters. The fraction of sp³-hybridized carbons (Fsp3) is 0.206. The molecule has 8 rings (SSSR count). The Hall–Kier alpha value is -4.91. The largest absolute Gasteiger partial charge is 0.497 e. The lowest BCUT2D eigenvalue weighted by Gasteiger charge is -2.51. The Labute approximate surface area is 237 Å².